The minimum absolute atomic E-state index is 0.0345. The molecule has 8 nitrogen and oxygen atoms in total. The molecule has 1 aliphatic heterocycles. The highest BCUT2D eigenvalue weighted by Gasteiger charge is 2.25. The molecule has 160 valence electrons. The molecule has 3 heterocycles. The van der Waals surface area contributed by atoms with Crippen molar-refractivity contribution in [2.24, 2.45) is 0 Å². The third kappa shape index (κ3) is 5.05. The summed E-state index contributed by atoms with van der Waals surface area (Å²) in [7, 11) is 1.90. The maximum atomic E-state index is 12.4. The predicted molar refractivity (Wildman–Crippen MR) is 114 cm³/mol. The highest BCUT2D eigenvalue weighted by Crippen LogP contribution is 2.31. The number of amides is 1. The van der Waals surface area contributed by atoms with Crippen LogP contribution in [0.5, 0.6) is 5.75 Å². The van der Waals surface area contributed by atoms with E-state index in [-0.39, 0.29) is 24.1 Å². The van der Waals surface area contributed by atoms with Gasteiger partial charge < -0.3 is 19.7 Å². The van der Waals surface area contributed by atoms with Crippen LogP contribution in [0.25, 0.3) is 11.5 Å². The third-order valence-electron chi connectivity index (χ3n) is 4.97. The number of pyridine rings is 1. The van der Waals surface area contributed by atoms with Gasteiger partial charge in [0.05, 0.1) is 13.2 Å². The number of fused-ring (bicyclic) bond motifs is 1. The van der Waals surface area contributed by atoms with E-state index in [0.29, 0.717) is 18.1 Å². The Balaban J connectivity index is 1.58. The van der Waals surface area contributed by atoms with Crippen LogP contribution < -0.4 is 15.0 Å². The molecule has 2 aliphatic rings. The summed E-state index contributed by atoms with van der Waals surface area (Å²) < 4.78 is 11.0. The first-order chi connectivity index (χ1) is 14.3. The number of nitrogens with one attached hydrogen (secondary N) is 1. The molecular weight excluding hydrogens is 382 g/mol. The molecule has 1 N–H and O–H groups in total. The summed E-state index contributed by atoms with van der Waals surface area (Å²) in [5.41, 5.74) is 2.56. The Morgan fingerprint density at radius 3 is 2.87 bits per heavy atom. The molecular formula is C22H29N5O3. The van der Waals surface area contributed by atoms with Crippen LogP contribution in [0.3, 0.4) is 0 Å². The van der Waals surface area contributed by atoms with Crippen molar-refractivity contribution in [2.75, 3.05) is 31.7 Å². The van der Waals surface area contributed by atoms with Crippen LogP contribution in [-0.2, 0) is 22.4 Å². The van der Waals surface area contributed by atoms with Crippen LogP contribution in [0.4, 0.5) is 5.82 Å². The van der Waals surface area contributed by atoms with E-state index in [4.69, 9.17) is 19.4 Å². The third-order valence-corrected chi connectivity index (χ3v) is 4.97. The maximum absolute atomic E-state index is 12.4. The Labute approximate surface area is 177 Å². The number of carbonyl (C=O) groups excluding carboxylic acids is 1. The molecule has 4 rings (SSSR count). The van der Waals surface area contributed by atoms with E-state index < -0.39 is 0 Å². The molecule has 0 saturated carbocycles. The standard InChI is InChI=1S/C22H29N5O3/c1-22(2,3)26-19(28)11-27(4)21-16-6-5-7-17(16)24-20(25-21)18-10-14(8-9-23-18)29-12-15-13-30-15/h8-10,15H,5-7,11-13H2,1-4H3,(H,26,28)/t15-/m0/s1. The van der Waals surface area contributed by atoms with Gasteiger partial charge in [-0.2, -0.15) is 0 Å². The second kappa shape index (κ2) is 8.18. The summed E-state index contributed by atoms with van der Waals surface area (Å²) in [6.07, 6.45) is 4.77. The van der Waals surface area contributed by atoms with Crippen molar-refractivity contribution in [1.82, 2.24) is 20.3 Å². The molecule has 2 aromatic heterocycles. The quantitative estimate of drug-likeness (QED) is 0.698. The van der Waals surface area contributed by atoms with Crippen LogP contribution >= 0.6 is 0 Å². The second-order valence-electron chi connectivity index (χ2n) is 8.95. The fourth-order valence-corrected chi connectivity index (χ4v) is 3.57. The predicted octanol–water partition coefficient (Wildman–Crippen LogP) is 2.16. The average Bonchev–Trinajstić information content (AvgIpc) is 3.39. The van der Waals surface area contributed by atoms with Crippen molar-refractivity contribution in [3.05, 3.63) is 29.6 Å². The molecule has 1 atom stereocenters. The molecule has 1 amide bonds. The minimum Gasteiger partial charge on any atom is -0.491 e. The zero-order valence-corrected chi connectivity index (χ0v) is 18.1. The highest BCUT2D eigenvalue weighted by atomic mass is 16.6. The van der Waals surface area contributed by atoms with Crippen LogP contribution in [0, 0.1) is 0 Å². The Morgan fingerprint density at radius 2 is 2.13 bits per heavy atom. The Bertz CT molecular complexity index is 937. The summed E-state index contributed by atoms with van der Waals surface area (Å²) in [5.74, 6) is 2.05. The first-order valence-electron chi connectivity index (χ1n) is 10.4. The van der Waals surface area contributed by atoms with Crippen LogP contribution in [0.1, 0.15) is 38.4 Å². The van der Waals surface area contributed by atoms with E-state index in [2.05, 4.69) is 10.3 Å². The number of epoxide rings is 1. The molecule has 0 bridgehead atoms. The number of rotatable bonds is 7. The van der Waals surface area contributed by atoms with Crippen molar-refractivity contribution in [1.29, 1.82) is 0 Å². The van der Waals surface area contributed by atoms with Crippen LogP contribution in [0.15, 0.2) is 18.3 Å². The van der Waals surface area contributed by atoms with Crippen molar-refractivity contribution < 1.29 is 14.3 Å². The minimum atomic E-state index is -0.271. The van der Waals surface area contributed by atoms with Gasteiger partial charge in [-0.15, -0.1) is 0 Å². The lowest BCUT2D eigenvalue weighted by Crippen LogP contribution is -2.45. The van der Waals surface area contributed by atoms with Gasteiger partial charge in [-0.3, -0.25) is 9.78 Å². The van der Waals surface area contributed by atoms with Crippen LogP contribution in [0.2, 0.25) is 0 Å². The largest absolute Gasteiger partial charge is 0.491 e. The van der Waals surface area contributed by atoms with Gasteiger partial charge in [-0.25, -0.2) is 9.97 Å². The van der Waals surface area contributed by atoms with Crippen molar-refractivity contribution in [3.8, 4) is 17.3 Å². The lowest BCUT2D eigenvalue weighted by atomic mass is 10.1. The SMILES string of the molecule is CN(CC(=O)NC(C)(C)C)c1nc(-c2cc(OC[C@H]3CO3)ccn2)nc2c1CCC2. The monoisotopic (exact) mass is 411 g/mol. The number of carbonyl (C=O) groups is 1. The highest BCUT2D eigenvalue weighted by molar-refractivity contribution is 5.82. The summed E-state index contributed by atoms with van der Waals surface area (Å²) in [6.45, 7) is 7.44. The fourth-order valence-electron chi connectivity index (χ4n) is 3.57. The molecule has 0 aromatic carbocycles. The molecule has 1 saturated heterocycles. The summed E-state index contributed by atoms with van der Waals surface area (Å²) in [4.78, 5) is 28.4. The number of aryl methyl sites for hydroxylation is 1. The Kier molecular flexibility index (Phi) is 5.60. The van der Waals surface area contributed by atoms with E-state index in [1.807, 2.05) is 44.9 Å². The van der Waals surface area contributed by atoms with Gasteiger partial charge in [0, 0.05) is 36.1 Å². The van der Waals surface area contributed by atoms with E-state index in [1.54, 1.807) is 6.20 Å². The smallest absolute Gasteiger partial charge is 0.239 e. The fraction of sp³-hybridized carbons (Fsp3) is 0.545. The van der Waals surface area contributed by atoms with Crippen molar-refractivity contribution in [2.45, 2.75) is 51.7 Å². The number of likely N-dealkylation sites (N-methyl/N-ethyl adjacent to an activating group) is 1. The van der Waals surface area contributed by atoms with Gasteiger partial charge in [0.1, 0.15) is 30.0 Å². The van der Waals surface area contributed by atoms with Crippen molar-refractivity contribution >= 4 is 11.7 Å². The van der Waals surface area contributed by atoms with Gasteiger partial charge in [0.25, 0.3) is 0 Å². The second-order valence-corrected chi connectivity index (χ2v) is 8.95. The van der Waals surface area contributed by atoms with Gasteiger partial charge in [0.2, 0.25) is 5.91 Å². The number of hydrogen-bond acceptors (Lipinski definition) is 7. The lowest BCUT2D eigenvalue weighted by molar-refractivity contribution is -0.121. The normalized spacial score (nSPS) is 17.4. The van der Waals surface area contributed by atoms with E-state index >= 15 is 0 Å². The number of aromatic nitrogens is 3. The molecule has 1 aliphatic carbocycles. The number of hydrogen-bond donors (Lipinski definition) is 1. The molecule has 1 fully saturated rings. The zero-order chi connectivity index (χ0) is 21.3. The molecule has 30 heavy (non-hydrogen) atoms. The lowest BCUT2D eigenvalue weighted by Gasteiger charge is -2.25. The van der Waals surface area contributed by atoms with E-state index in [1.165, 1.54) is 0 Å². The molecule has 0 radical (unpaired) electrons. The zero-order valence-electron chi connectivity index (χ0n) is 18.1. The van der Waals surface area contributed by atoms with Gasteiger partial charge in [-0.1, -0.05) is 0 Å². The maximum Gasteiger partial charge on any atom is 0.239 e. The molecule has 0 spiro atoms. The molecule has 0 unspecified atom stereocenters. The van der Waals surface area contributed by atoms with E-state index in [0.717, 1.165) is 48.7 Å². The summed E-state index contributed by atoms with van der Waals surface area (Å²) in [5, 5.41) is 3.01. The first-order valence-corrected chi connectivity index (χ1v) is 10.4. The van der Waals surface area contributed by atoms with Gasteiger partial charge in [-0.05, 0) is 46.1 Å². The topological polar surface area (TPSA) is 92.8 Å². The van der Waals surface area contributed by atoms with Gasteiger partial charge >= 0.3 is 0 Å². The number of ether oxygens (including phenoxy) is 2. The Morgan fingerprint density at radius 1 is 1.33 bits per heavy atom. The average molecular weight is 412 g/mol. The molecule has 8 heteroatoms. The number of anilines is 1. The number of nitrogens with zero attached hydrogens (tertiary/aromatic N) is 4. The Hall–Kier alpha value is -2.74. The van der Waals surface area contributed by atoms with Crippen LogP contribution in [-0.4, -0.2) is 59.3 Å². The summed E-state index contributed by atoms with van der Waals surface area (Å²) in [6, 6.07) is 3.68. The van der Waals surface area contributed by atoms with Crippen molar-refractivity contribution in [3.63, 3.8) is 0 Å². The van der Waals surface area contributed by atoms with Gasteiger partial charge in [0.15, 0.2) is 5.82 Å². The summed E-state index contributed by atoms with van der Waals surface area (Å²) >= 11 is 0. The molecule has 2 aromatic rings. The van der Waals surface area contributed by atoms with E-state index in [9.17, 15) is 4.79 Å². The first kappa shape index (κ1) is 20.5.